The van der Waals surface area contributed by atoms with E-state index in [4.69, 9.17) is 9.47 Å². The lowest BCUT2D eigenvalue weighted by molar-refractivity contribution is -0.385. The van der Waals surface area contributed by atoms with Gasteiger partial charge in [0.25, 0.3) is 11.6 Å². The monoisotopic (exact) mass is 499 g/mol. The molecule has 4 rings (SSSR count). The molecule has 0 saturated heterocycles. The van der Waals surface area contributed by atoms with Crippen LogP contribution in [0.2, 0.25) is 0 Å². The average molecular weight is 499 g/mol. The highest BCUT2D eigenvalue weighted by Crippen LogP contribution is 2.30. The molecule has 4 aromatic rings. The molecule has 10 heteroatoms. The van der Waals surface area contributed by atoms with Crippen molar-refractivity contribution in [1.29, 1.82) is 0 Å². The summed E-state index contributed by atoms with van der Waals surface area (Å²) in [6.07, 6.45) is 1.36. The predicted molar refractivity (Wildman–Crippen MR) is 136 cm³/mol. The second-order valence-corrected chi connectivity index (χ2v) is 7.92. The van der Waals surface area contributed by atoms with Crippen LogP contribution < -0.4 is 14.9 Å². The van der Waals surface area contributed by atoms with Crippen LogP contribution in [0.4, 0.5) is 5.69 Å². The zero-order valence-electron chi connectivity index (χ0n) is 19.8. The van der Waals surface area contributed by atoms with E-state index in [0.29, 0.717) is 5.56 Å². The molecule has 0 saturated carbocycles. The summed E-state index contributed by atoms with van der Waals surface area (Å²) >= 11 is 0. The third-order valence-corrected chi connectivity index (χ3v) is 5.60. The Hall–Kier alpha value is -5.25. The Bertz CT molecular complexity index is 1560. The van der Waals surface area contributed by atoms with E-state index in [9.17, 15) is 24.8 Å². The Morgan fingerprint density at radius 3 is 2.41 bits per heavy atom. The van der Waals surface area contributed by atoms with E-state index in [-0.39, 0.29) is 39.6 Å². The van der Waals surface area contributed by atoms with Crippen molar-refractivity contribution in [3.05, 3.63) is 105 Å². The van der Waals surface area contributed by atoms with E-state index >= 15 is 0 Å². The van der Waals surface area contributed by atoms with Crippen molar-refractivity contribution in [3.63, 3.8) is 0 Å². The molecule has 4 aromatic carbocycles. The number of fused-ring (bicyclic) bond motifs is 1. The molecule has 1 amide bonds. The third-order valence-electron chi connectivity index (χ3n) is 5.60. The van der Waals surface area contributed by atoms with Gasteiger partial charge in [0.15, 0.2) is 11.5 Å². The summed E-state index contributed by atoms with van der Waals surface area (Å²) in [5.41, 5.74) is 3.02. The Morgan fingerprint density at radius 2 is 1.70 bits per heavy atom. The van der Waals surface area contributed by atoms with Gasteiger partial charge in [0.2, 0.25) is 0 Å². The van der Waals surface area contributed by atoms with Gasteiger partial charge in [0.05, 0.1) is 29.4 Å². The van der Waals surface area contributed by atoms with Crippen LogP contribution in [0.15, 0.2) is 77.9 Å². The number of nitro benzene ring substituents is 1. The van der Waals surface area contributed by atoms with Crippen LogP contribution in [0.1, 0.15) is 31.8 Å². The molecule has 0 aromatic heterocycles. The minimum absolute atomic E-state index is 0.0570. The maximum atomic E-state index is 12.7. The van der Waals surface area contributed by atoms with E-state index in [1.807, 2.05) is 24.3 Å². The first-order valence-corrected chi connectivity index (χ1v) is 11.0. The summed E-state index contributed by atoms with van der Waals surface area (Å²) in [5.74, 6) is -1.23. The molecule has 37 heavy (non-hydrogen) atoms. The number of phenolic OH excluding ortho intramolecular Hbond substituents is 1. The van der Waals surface area contributed by atoms with Crippen LogP contribution in [0, 0.1) is 17.0 Å². The van der Waals surface area contributed by atoms with Gasteiger partial charge < -0.3 is 14.6 Å². The van der Waals surface area contributed by atoms with E-state index in [0.717, 1.165) is 10.8 Å². The van der Waals surface area contributed by atoms with Gasteiger partial charge in [-0.25, -0.2) is 10.2 Å². The first-order chi connectivity index (χ1) is 17.8. The second-order valence-electron chi connectivity index (χ2n) is 7.92. The number of phenols is 1. The molecule has 0 unspecified atom stereocenters. The van der Waals surface area contributed by atoms with Crippen molar-refractivity contribution in [3.8, 4) is 17.2 Å². The predicted octanol–water partition coefficient (Wildman–Crippen LogP) is 4.75. The van der Waals surface area contributed by atoms with Crippen LogP contribution >= 0.6 is 0 Å². The van der Waals surface area contributed by atoms with Gasteiger partial charge in [-0.1, -0.05) is 30.3 Å². The Balaban J connectivity index is 1.47. The maximum absolute atomic E-state index is 12.7. The van der Waals surface area contributed by atoms with Crippen LogP contribution in [0.25, 0.3) is 10.8 Å². The number of carbonyl (C=O) groups excluding carboxylic acids is 2. The fraction of sp³-hybridized carbons (Fsp3) is 0.0741. The number of hydrogen-bond donors (Lipinski definition) is 2. The molecule has 0 fully saturated rings. The van der Waals surface area contributed by atoms with Crippen LogP contribution in [-0.4, -0.2) is 35.2 Å². The number of nitro groups is 1. The van der Waals surface area contributed by atoms with E-state index in [1.54, 1.807) is 12.1 Å². The number of benzene rings is 4. The summed E-state index contributed by atoms with van der Waals surface area (Å²) in [4.78, 5) is 35.8. The Morgan fingerprint density at radius 1 is 0.973 bits per heavy atom. The lowest BCUT2D eigenvalue weighted by Gasteiger charge is -2.11. The highest BCUT2D eigenvalue weighted by molar-refractivity contribution is 6.01. The summed E-state index contributed by atoms with van der Waals surface area (Å²) in [7, 11) is 1.39. The molecule has 0 aliphatic carbocycles. The number of amides is 1. The van der Waals surface area contributed by atoms with E-state index in [2.05, 4.69) is 10.5 Å². The number of nitrogens with zero attached hydrogens (tertiary/aromatic N) is 2. The highest BCUT2D eigenvalue weighted by atomic mass is 16.6. The van der Waals surface area contributed by atoms with Gasteiger partial charge in [0, 0.05) is 11.6 Å². The number of nitrogens with one attached hydrogen (secondary N) is 1. The van der Waals surface area contributed by atoms with Gasteiger partial charge in [-0.2, -0.15) is 5.10 Å². The molecule has 0 atom stereocenters. The number of rotatable bonds is 7. The number of aromatic hydroxyl groups is 1. The summed E-state index contributed by atoms with van der Waals surface area (Å²) in [6, 6.07) is 19.1. The molecule has 2 N–H and O–H groups in total. The molecule has 0 aliphatic rings. The Kier molecular flexibility index (Phi) is 7.10. The molecular formula is C27H21N3O7. The molecule has 10 nitrogen and oxygen atoms in total. The van der Waals surface area contributed by atoms with Crippen LogP contribution in [-0.2, 0) is 0 Å². The zero-order valence-corrected chi connectivity index (χ0v) is 19.8. The van der Waals surface area contributed by atoms with Crippen molar-refractivity contribution in [2.75, 3.05) is 7.11 Å². The van der Waals surface area contributed by atoms with Crippen molar-refractivity contribution < 1.29 is 29.1 Å². The van der Waals surface area contributed by atoms with Crippen LogP contribution in [0.5, 0.6) is 17.2 Å². The van der Waals surface area contributed by atoms with Crippen molar-refractivity contribution in [2.24, 2.45) is 5.10 Å². The number of hydrazone groups is 1. The van der Waals surface area contributed by atoms with Gasteiger partial charge in [-0.3, -0.25) is 14.9 Å². The van der Waals surface area contributed by atoms with Crippen LogP contribution in [0.3, 0.4) is 0 Å². The summed E-state index contributed by atoms with van der Waals surface area (Å²) in [6.45, 7) is 1.47. The van der Waals surface area contributed by atoms with E-state index < -0.39 is 16.8 Å². The first-order valence-electron chi connectivity index (χ1n) is 11.0. The third kappa shape index (κ3) is 5.38. The van der Waals surface area contributed by atoms with Gasteiger partial charge in [-0.05, 0) is 59.7 Å². The molecular weight excluding hydrogens is 478 g/mol. The van der Waals surface area contributed by atoms with Crippen molar-refractivity contribution >= 4 is 34.6 Å². The topological polar surface area (TPSA) is 140 Å². The number of carbonyl (C=O) groups is 2. The highest BCUT2D eigenvalue weighted by Gasteiger charge is 2.20. The molecule has 0 bridgehead atoms. The van der Waals surface area contributed by atoms with Gasteiger partial charge in [-0.15, -0.1) is 0 Å². The number of methoxy groups -OCH3 is 1. The van der Waals surface area contributed by atoms with Crippen molar-refractivity contribution in [2.45, 2.75) is 6.92 Å². The normalized spacial score (nSPS) is 10.9. The average Bonchev–Trinajstić information content (AvgIpc) is 2.88. The SMILES string of the molecule is COc1cc(C=NNC(=O)c2cc3ccccc3cc2O)ccc1OC(=O)c1cccc([N+](=O)[O-])c1C. The van der Waals surface area contributed by atoms with Gasteiger partial charge >= 0.3 is 5.97 Å². The lowest BCUT2D eigenvalue weighted by Crippen LogP contribution is -2.17. The number of hydrogen-bond acceptors (Lipinski definition) is 8. The quantitative estimate of drug-likeness (QED) is 0.123. The fourth-order valence-electron chi connectivity index (χ4n) is 3.68. The number of esters is 1. The summed E-state index contributed by atoms with van der Waals surface area (Å²) in [5, 5.41) is 26.9. The van der Waals surface area contributed by atoms with Gasteiger partial charge in [0.1, 0.15) is 5.75 Å². The fourth-order valence-corrected chi connectivity index (χ4v) is 3.68. The maximum Gasteiger partial charge on any atom is 0.344 e. The standard InChI is InChI=1S/C27H21N3O7/c1-16-20(8-5-9-22(16)30(34)35)27(33)37-24-11-10-17(12-25(24)36-2)15-28-29-26(32)21-13-18-6-3-4-7-19(18)14-23(21)31/h3-15,31H,1-2H3,(H,29,32). The summed E-state index contributed by atoms with van der Waals surface area (Å²) < 4.78 is 10.7. The molecule has 186 valence electrons. The molecule has 0 radical (unpaired) electrons. The minimum Gasteiger partial charge on any atom is -0.507 e. The first kappa shape index (κ1) is 24.9. The number of ether oxygens (including phenoxy) is 2. The van der Waals surface area contributed by atoms with E-state index in [1.165, 1.54) is 56.6 Å². The molecule has 0 aliphatic heterocycles. The lowest BCUT2D eigenvalue weighted by atomic mass is 10.1. The minimum atomic E-state index is -0.775. The largest absolute Gasteiger partial charge is 0.507 e. The Labute approximate surface area is 210 Å². The second kappa shape index (κ2) is 10.6. The zero-order chi connectivity index (χ0) is 26.5. The molecule has 0 heterocycles. The molecule has 0 spiro atoms. The smallest absolute Gasteiger partial charge is 0.344 e. The van der Waals surface area contributed by atoms with Crippen molar-refractivity contribution in [1.82, 2.24) is 5.43 Å².